The fraction of sp³-hybridized carbons (Fsp3) is 0.524. The fourth-order valence-corrected chi connectivity index (χ4v) is 1.84. The van der Waals surface area contributed by atoms with E-state index in [1.807, 2.05) is 13.1 Å². The number of nitrogens with zero attached hydrogens (tertiary/aromatic N) is 1. The molecular formula is C21H35N. The van der Waals surface area contributed by atoms with Crippen LogP contribution >= 0.6 is 0 Å². The lowest BCUT2D eigenvalue weighted by atomic mass is 9.87. The monoisotopic (exact) mass is 301 g/mol. The van der Waals surface area contributed by atoms with E-state index in [1.165, 1.54) is 11.3 Å². The van der Waals surface area contributed by atoms with Gasteiger partial charge in [0, 0.05) is 18.4 Å². The average molecular weight is 302 g/mol. The van der Waals surface area contributed by atoms with Gasteiger partial charge in [-0.2, -0.15) is 0 Å². The molecule has 0 aliphatic heterocycles. The Balaban J connectivity index is 4.96. The molecule has 0 saturated heterocycles. The number of likely N-dealkylation sites (N-methyl/N-ethyl adjacent to an activating group) is 1. The van der Waals surface area contributed by atoms with Crippen molar-refractivity contribution in [2.24, 2.45) is 11.3 Å². The van der Waals surface area contributed by atoms with Crippen LogP contribution in [0.3, 0.4) is 0 Å². The Kier molecular flexibility index (Phi) is 8.22. The van der Waals surface area contributed by atoms with E-state index in [0.29, 0.717) is 5.92 Å². The van der Waals surface area contributed by atoms with Gasteiger partial charge < -0.3 is 4.90 Å². The van der Waals surface area contributed by atoms with Gasteiger partial charge in [-0.1, -0.05) is 72.4 Å². The molecule has 0 aromatic carbocycles. The lowest BCUT2D eigenvalue weighted by Crippen LogP contribution is -2.13. The number of allylic oxidation sites excluding steroid dienone is 7. The van der Waals surface area contributed by atoms with E-state index in [2.05, 4.69) is 84.8 Å². The Morgan fingerprint density at radius 3 is 2.05 bits per heavy atom. The van der Waals surface area contributed by atoms with Gasteiger partial charge in [0.2, 0.25) is 0 Å². The molecule has 124 valence electrons. The summed E-state index contributed by atoms with van der Waals surface area (Å²) in [6.45, 7) is 23.6. The van der Waals surface area contributed by atoms with Gasteiger partial charge in [-0.05, 0) is 42.4 Å². The molecule has 1 nitrogen and oxygen atoms in total. The van der Waals surface area contributed by atoms with Crippen molar-refractivity contribution in [1.82, 2.24) is 4.90 Å². The van der Waals surface area contributed by atoms with Gasteiger partial charge in [-0.3, -0.25) is 0 Å². The Bertz CT molecular complexity index is 479. The Morgan fingerprint density at radius 2 is 1.64 bits per heavy atom. The van der Waals surface area contributed by atoms with Crippen LogP contribution in [0, 0.1) is 11.3 Å². The highest BCUT2D eigenvalue weighted by Gasteiger charge is 2.12. The zero-order chi connectivity index (χ0) is 17.5. The topological polar surface area (TPSA) is 3.24 Å². The highest BCUT2D eigenvalue weighted by Crippen LogP contribution is 2.25. The quantitative estimate of drug-likeness (QED) is 0.486. The van der Waals surface area contributed by atoms with E-state index >= 15 is 0 Å². The summed E-state index contributed by atoms with van der Waals surface area (Å²) in [5, 5.41) is 0. The second kappa shape index (κ2) is 8.82. The molecule has 0 aromatic heterocycles. The van der Waals surface area contributed by atoms with Gasteiger partial charge in [0.25, 0.3) is 0 Å². The lowest BCUT2D eigenvalue weighted by Gasteiger charge is -2.22. The molecule has 0 radical (unpaired) electrons. The van der Waals surface area contributed by atoms with Gasteiger partial charge >= 0.3 is 0 Å². The number of hydrogen-bond acceptors (Lipinski definition) is 1. The second-order valence-electron chi connectivity index (χ2n) is 7.22. The van der Waals surface area contributed by atoms with Crippen LogP contribution in [0.4, 0.5) is 0 Å². The summed E-state index contributed by atoms with van der Waals surface area (Å²) < 4.78 is 0. The predicted octanol–water partition coefficient (Wildman–Crippen LogP) is 6.49. The summed E-state index contributed by atoms with van der Waals surface area (Å²) >= 11 is 0. The van der Waals surface area contributed by atoms with E-state index in [0.717, 1.165) is 17.7 Å². The van der Waals surface area contributed by atoms with Crippen molar-refractivity contribution < 1.29 is 0 Å². The van der Waals surface area contributed by atoms with Crippen LogP contribution in [0.25, 0.3) is 0 Å². The van der Waals surface area contributed by atoms with E-state index in [4.69, 9.17) is 0 Å². The number of rotatable bonds is 7. The van der Waals surface area contributed by atoms with Crippen molar-refractivity contribution in [3.63, 3.8) is 0 Å². The zero-order valence-electron chi connectivity index (χ0n) is 16.0. The first-order chi connectivity index (χ1) is 10.0. The van der Waals surface area contributed by atoms with Gasteiger partial charge in [-0.25, -0.2) is 0 Å². The zero-order valence-corrected chi connectivity index (χ0v) is 16.0. The lowest BCUT2D eigenvalue weighted by molar-refractivity contribution is 0.516. The molecule has 0 unspecified atom stereocenters. The summed E-state index contributed by atoms with van der Waals surface area (Å²) in [5.74, 6) is 0.595. The fourth-order valence-electron chi connectivity index (χ4n) is 1.84. The maximum Gasteiger partial charge on any atom is 0.0332 e. The van der Waals surface area contributed by atoms with Crippen LogP contribution in [0.1, 0.15) is 54.9 Å². The van der Waals surface area contributed by atoms with Crippen molar-refractivity contribution in [2.45, 2.75) is 54.9 Å². The molecular weight excluding hydrogens is 266 g/mol. The molecule has 0 rings (SSSR count). The van der Waals surface area contributed by atoms with Crippen LogP contribution < -0.4 is 0 Å². The minimum absolute atomic E-state index is 0.0935. The van der Waals surface area contributed by atoms with E-state index in [9.17, 15) is 0 Å². The molecule has 1 heteroatoms. The molecule has 0 heterocycles. The molecule has 0 atom stereocenters. The SMILES string of the molecule is C=C(/C=C\C(=C)C(C)(C)C)N(C)/C(C)=C/C=C(\CC)C(C)C. The van der Waals surface area contributed by atoms with E-state index in [1.54, 1.807) is 0 Å². The average Bonchev–Trinajstić information content (AvgIpc) is 2.42. The van der Waals surface area contributed by atoms with Crippen molar-refractivity contribution in [3.05, 3.63) is 60.0 Å². The molecule has 0 aromatic rings. The Labute approximate surface area is 138 Å². The third kappa shape index (κ3) is 6.98. The van der Waals surface area contributed by atoms with E-state index in [-0.39, 0.29) is 5.41 Å². The third-order valence-electron chi connectivity index (χ3n) is 4.09. The molecule has 0 fully saturated rings. The molecule has 22 heavy (non-hydrogen) atoms. The highest BCUT2D eigenvalue weighted by atomic mass is 15.1. The molecule has 0 saturated carbocycles. The third-order valence-corrected chi connectivity index (χ3v) is 4.09. The van der Waals surface area contributed by atoms with Gasteiger partial charge in [0.05, 0.1) is 0 Å². The Hall–Kier alpha value is -1.50. The van der Waals surface area contributed by atoms with Crippen molar-refractivity contribution in [2.75, 3.05) is 7.05 Å². The van der Waals surface area contributed by atoms with E-state index < -0.39 is 0 Å². The largest absolute Gasteiger partial charge is 0.349 e. The smallest absolute Gasteiger partial charge is 0.0332 e. The predicted molar refractivity (Wildman–Crippen MR) is 102 cm³/mol. The summed E-state index contributed by atoms with van der Waals surface area (Å²) in [7, 11) is 2.05. The van der Waals surface area contributed by atoms with Crippen LogP contribution in [0.15, 0.2) is 60.0 Å². The van der Waals surface area contributed by atoms with Crippen LogP contribution in [0.2, 0.25) is 0 Å². The first kappa shape index (κ1) is 20.5. The first-order valence-corrected chi connectivity index (χ1v) is 8.18. The van der Waals surface area contributed by atoms with Gasteiger partial charge in [0.15, 0.2) is 0 Å². The summed E-state index contributed by atoms with van der Waals surface area (Å²) in [6.07, 6.45) is 9.61. The summed E-state index contributed by atoms with van der Waals surface area (Å²) in [5.41, 5.74) is 4.82. The standard InChI is InChI=1S/C21H35N/c1-11-20(16(2)3)15-14-19(6)22(10)18(5)13-12-17(4)21(7,8)9/h12-16H,4-5,11H2,1-3,6-10H3/b13-12-,19-14+,20-15+. The summed E-state index contributed by atoms with van der Waals surface area (Å²) in [4.78, 5) is 2.11. The molecule has 0 spiro atoms. The Morgan fingerprint density at radius 1 is 1.09 bits per heavy atom. The summed E-state index contributed by atoms with van der Waals surface area (Å²) in [6, 6.07) is 0. The van der Waals surface area contributed by atoms with Crippen LogP contribution in [-0.2, 0) is 0 Å². The van der Waals surface area contributed by atoms with Crippen LogP contribution in [0.5, 0.6) is 0 Å². The molecule has 0 aliphatic rings. The normalized spacial score (nSPS) is 13.9. The van der Waals surface area contributed by atoms with Crippen molar-refractivity contribution in [1.29, 1.82) is 0 Å². The highest BCUT2D eigenvalue weighted by molar-refractivity contribution is 5.29. The molecule has 0 bridgehead atoms. The van der Waals surface area contributed by atoms with Crippen molar-refractivity contribution in [3.8, 4) is 0 Å². The minimum Gasteiger partial charge on any atom is -0.349 e. The molecule has 0 N–H and O–H groups in total. The van der Waals surface area contributed by atoms with Gasteiger partial charge in [0.1, 0.15) is 0 Å². The molecule has 0 amide bonds. The van der Waals surface area contributed by atoms with Gasteiger partial charge in [-0.15, -0.1) is 0 Å². The first-order valence-electron chi connectivity index (χ1n) is 8.18. The minimum atomic E-state index is 0.0935. The van der Waals surface area contributed by atoms with Crippen LogP contribution in [-0.4, -0.2) is 11.9 Å². The number of hydrogen-bond donors (Lipinski definition) is 0. The second-order valence-corrected chi connectivity index (χ2v) is 7.22. The maximum atomic E-state index is 4.15. The van der Waals surface area contributed by atoms with Crippen molar-refractivity contribution >= 4 is 0 Å². The maximum absolute atomic E-state index is 4.15. The molecule has 0 aliphatic carbocycles.